The zero-order valence-electron chi connectivity index (χ0n) is 10.5. The highest BCUT2D eigenvalue weighted by Gasteiger charge is 2.34. The number of benzene rings is 1. The van der Waals surface area contributed by atoms with E-state index in [1.54, 1.807) is 25.1 Å². The van der Waals surface area contributed by atoms with Gasteiger partial charge in [0.2, 0.25) is 0 Å². The first-order valence-electron chi connectivity index (χ1n) is 6.25. The molecule has 1 aliphatic carbocycles. The number of nitrogens with one attached hydrogen (secondary N) is 1. The van der Waals surface area contributed by atoms with Crippen LogP contribution in [-0.2, 0) is 0 Å². The van der Waals surface area contributed by atoms with Gasteiger partial charge in [-0.3, -0.25) is 4.79 Å². The number of halogens is 1. The first-order valence-corrected chi connectivity index (χ1v) is 7.37. The number of rotatable bonds is 3. The van der Waals surface area contributed by atoms with E-state index in [0.717, 1.165) is 31.0 Å². The summed E-state index contributed by atoms with van der Waals surface area (Å²) >= 11 is 3.50. The second-order valence-electron chi connectivity index (χ2n) is 5.02. The maximum Gasteiger partial charge on any atom is 0.252 e. The zero-order chi connectivity index (χ0) is 13.2. The summed E-state index contributed by atoms with van der Waals surface area (Å²) in [4.78, 5) is 12.3. The van der Waals surface area contributed by atoms with E-state index in [4.69, 9.17) is 0 Å². The number of hydrogen-bond acceptors (Lipinski definition) is 2. The van der Waals surface area contributed by atoms with E-state index in [1.807, 2.05) is 0 Å². The summed E-state index contributed by atoms with van der Waals surface area (Å²) in [5, 5.41) is 13.6. The first-order chi connectivity index (χ1) is 8.58. The van der Waals surface area contributed by atoms with Crippen molar-refractivity contribution >= 4 is 21.8 Å². The monoisotopic (exact) mass is 311 g/mol. The second kappa shape index (κ2) is 5.31. The fourth-order valence-corrected chi connectivity index (χ4v) is 3.22. The van der Waals surface area contributed by atoms with E-state index in [-0.39, 0.29) is 17.2 Å². The lowest BCUT2D eigenvalue weighted by Gasteiger charge is -2.28. The van der Waals surface area contributed by atoms with E-state index < -0.39 is 0 Å². The molecular weight excluding hydrogens is 294 g/mol. The third-order valence-corrected chi connectivity index (χ3v) is 4.82. The summed E-state index contributed by atoms with van der Waals surface area (Å²) in [5.74, 6) is 0.0757. The number of aromatic hydroxyl groups is 1. The number of phenols is 1. The Labute approximate surface area is 116 Å². The van der Waals surface area contributed by atoms with Gasteiger partial charge in [-0.2, -0.15) is 0 Å². The van der Waals surface area contributed by atoms with E-state index in [9.17, 15) is 9.90 Å². The average molecular weight is 312 g/mol. The van der Waals surface area contributed by atoms with Gasteiger partial charge >= 0.3 is 0 Å². The molecule has 1 aromatic carbocycles. The fraction of sp³-hybridized carbons (Fsp3) is 0.500. The molecule has 2 rings (SSSR count). The minimum absolute atomic E-state index is 0.0928. The van der Waals surface area contributed by atoms with E-state index in [2.05, 4.69) is 21.2 Å². The van der Waals surface area contributed by atoms with Crippen molar-refractivity contribution in [2.24, 2.45) is 0 Å². The topological polar surface area (TPSA) is 49.3 Å². The molecule has 4 heteroatoms. The highest BCUT2D eigenvalue weighted by molar-refractivity contribution is 9.09. The number of amides is 1. The molecule has 98 valence electrons. The molecule has 18 heavy (non-hydrogen) atoms. The molecule has 1 aromatic rings. The largest absolute Gasteiger partial charge is 0.508 e. The van der Waals surface area contributed by atoms with Crippen LogP contribution in [-0.4, -0.2) is 21.9 Å². The van der Waals surface area contributed by atoms with E-state index in [0.29, 0.717) is 11.1 Å². The van der Waals surface area contributed by atoms with Gasteiger partial charge in [0, 0.05) is 16.5 Å². The standard InChI is InChI=1S/C14H18BrNO2/c1-10-11(5-4-6-12(10)17)13(18)16-14(9-15)7-2-3-8-14/h4-6,17H,2-3,7-9H2,1H3,(H,16,18). The van der Waals surface area contributed by atoms with Gasteiger partial charge in [-0.15, -0.1) is 0 Å². The van der Waals surface area contributed by atoms with Crippen molar-refractivity contribution in [2.75, 3.05) is 5.33 Å². The molecule has 1 amide bonds. The zero-order valence-corrected chi connectivity index (χ0v) is 12.1. The molecule has 1 aliphatic rings. The van der Waals surface area contributed by atoms with Crippen molar-refractivity contribution in [1.29, 1.82) is 0 Å². The molecule has 0 atom stereocenters. The van der Waals surface area contributed by atoms with Crippen molar-refractivity contribution in [2.45, 2.75) is 38.1 Å². The number of alkyl halides is 1. The van der Waals surface area contributed by atoms with Crippen molar-refractivity contribution in [3.63, 3.8) is 0 Å². The van der Waals surface area contributed by atoms with Crippen LogP contribution in [0.15, 0.2) is 18.2 Å². The van der Waals surface area contributed by atoms with Crippen LogP contribution in [0.5, 0.6) is 5.75 Å². The SMILES string of the molecule is Cc1c(O)cccc1C(=O)NC1(CBr)CCCC1. The Morgan fingerprint density at radius 2 is 2.11 bits per heavy atom. The number of hydrogen-bond donors (Lipinski definition) is 2. The maximum atomic E-state index is 12.3. The highest BCUT2D eigenvalue weighted by Crippen LogP contribution is 2.32. The number of carbonyl (C=O) groups is 1. The minimum Gasteiger partial charge on any atom is -0.508 e. The normalized spacial score (nSPS) is 17.7. The number of carbonyl (C=O) groups excluding carboxylic acids is 1. The van der Waals surface area contributed by atoms with Crippen LogP contribution in [0.1, 0.15) is 41.6 Å². The van der Waals surface area contributed by atoms with E-state index in [1.165, 1.54) is 0 Å². The lowest BCUT2D eigenvalue weighted by atomic mass is 9.99. The van der Waals surface area contributed by atoms with Gasteiger partial charge in [-0.25, -0.2) is 0 Å². The van der Waals surface area contributed by atoms with Gasteiger partial charge in [-0.05, 0) is 31.9 Å². The van der Waals surface area contributed by atoms with Crippen LogP contribution >= 0.6 is 15.9 Å². The Bertz CT molecular complexity index is 453. The average Bonchev–Trinajstić information content (AvgIpc) is 2.81. The maximum absolute atomic E-state index is 12.3. The molecule has 1 fully saturated rings. The summed E-state index contributed by atoms with van der Waals surface area (Å²) in [7, 11) is 0. The molecule has 0 bridgehead atoms. The molecule has 0 unspecified atom stereocenters. The van der Waals surface area contributed by atoms with Gasteiger partial charge in [0.25, 0.3) is 5.91 Å². The quantitative estimate of drug-likeness (QED) is 0.843. The fourth-order valence-electron chi connectivity index (χ4n) is 2.52. The Morgan fingerprint density at radius 1 is 1.44 bits per heavy atom. The Hall–Kier alpha value is -1.03. The Kier molecular flexibility index (Phi) is 3.95. The second-order valence-corrected chi connectivity index (χ2v) is 5.59. The van der Waals surface area contributed by atoms with Gasteiger partial charge in [0.15, 0.2) is 0 Å². The van der Waals surface area contributed by atoms with Crippen LogP contribution in [0, 0.1) is 6.92 Å². The van der Waals surface area contributed by atoms with Crippen molar-refractivity contribution in [3.05, 3.63) is 29.3 Å². The predicted octanol–water partition coefficient (Wildman–Crippen LogP) is 3.14. The van der Waals surface area contributed by atoms with Crippen LogP contribution in [0.25, 0.3) is 0 Å². The van der Waals surface area contributed by atoms with Crippen molar-refractivity contribution < 1.29 is 9.90 Å². The molecule has 3 nitrogen and oxygen atoms in total. The Morgan fingerprint density at radius 3 is 2.72 bits per heavy atom. The molecule has 0 saturated heterocycles. The van der Waals surface area contributed by atoms with E-state index >= 15 is 0 Å². The van der Waals surface area contributed by atoms with Gasteiger partial charge < -0.3 is 10.4 Å². The lowest BCUT2D eigenvalue weighted by Crippen LogP contribution is -2.47. The van der Waals surface area contributed by atoms with Gasteiger partial charge in [-0.1, -0.05) is 34.8 Å². The summed E-state index contributed by atoms with van der Waals surface area (Å²) in [6.45, 7) is 1.76. The first kappa shape index (κ1) is 13.4. The highest BCUT2D eigenvalue weighted by atomic mass is 79.9. The third-order valence-electron chi connectivity index (χ3n) is 3.74. The summed E-state index contributed by atoms with van der Waals surface area (Å²) in [6.07, 6.45) is 4.35. The van der Waals surface area contributed by atoms with Crippen molar-refractivity contribution in [3.8, 4) is 5.75 Å². The Balaban J connectivity index is 2.19. The molecular formula is C14H18BrNO2. The molecule has 0 spiro atoms. The number of phenolic OH excluding ortho intramolecular Hbond substituents is 1. The summed E-state index contributed by atoms with van der Waals surface area (Å²) in [6, 6.07) is 5.05. The summed E-state index contributed by atoms with van der Waals surface area (Å²) in [5.41, 5.74) is 1.08. The molecule has 0 aromatic heterocycles. The van der Waals surface area contributed by atoms with Crippen LogP contribution in [0.2, 0.25) is 0 Å². The molecule has 2 N–H and O–H groups in total. The predicted molar refractivity (Wildman–Crippen MR) is 75.3 cm³/mol. The molecule has 0 aliphatic heterocycles. The molecule has 0 radical (unpaired) electrons. The summed E-state index contributed by atoms with van der Waals surface area (Å²) < 4.78 is 0. The van der Waals surface area contributed by atoms with Crippen molar-refractivity contribution in [1.82, 2.24) is 5.32 Å². The third kappa shape index (κ3) is 2.53. The smallest absolute Gasteiger partial charge is 0.252 e. The molecule has 1 saturated carbocycles. The van der Waals surface area contributed by atoms with Crippen LogP contribution in [0.4, 0.5) is 0 Å². The van der Waals surface area contributed by atoms with Crippen LogP contribution < -0.4 is 5.32 Å². The molecule has 0 heterocycles. The minimum atomic E-state index is -0.116. The van der Waals surface area contributed by atoms with Crippen LogP contribution in [0.3, 0.4) is 0 Å². The lowest BCUT2D eigenvalue weighted by molar-refractivity contribution is 0.0909. The van der Waals surface area contributed by atoms with Gasteiger partial charge in [0.1, 0.15) is 5.75 Å². The van der Waals surface area contributed by atoms with Gasteiger partial charge in [0.05, 0.1) is 5.54 Å².